The zero-order chi connectivity index (χ0) is 30.3. The van der Waals surface area contributed by atoms with E-state index in [0.717, 1.165) is 34.7 Å². The summed E-state index contributed by atoms with van der Waals surface area (Å²) in [6.07, 6.45) is 7.87. The van der Waals surface area contributed by atoms with Crippen molar-refractivity contribution in [2.45, 2.75) is 51.5 Å². The van der Waals surface area contributed by atoms with Crippen LogP contribution in [0.25, 0.3) is 11.1 Å². The molecule has 42 heavy (non-hydrogen) atoms. The average Bonchev–Trinajstić information content (AvgIpc) is 3.02. The Morgan fingerprint density at radius 2 is 1.76 bits per heavy atom. The van der Waals surface area contributed by atoms with Crippen LogP contribution >= 0.6 is 0 Å². The number of amides is 2. The fourth-order valence-electron chi connectivity index (χ4n) is 4.88. The van der Waals surface area contributed by atoms with Crippen molar-refractivity contribution in [3.63, 3.8) is 0 Å². The first-order valence-electron chi connectivity index (χ1n) is 14.1. The van der Waals surface area contributed by atoms with Crippen LogP contribution in [-0.2, 0) is 16.0 Å². The number of nitrogens with one attached hydrogen (secondary N) is 3. The van der Waals surface area contributed by atoms with Crippen LogP contribution in [0, 0.1) is 24.2 Å². The number of hydrazone groups is 1. The van der Waals surface area contributed by atoms with Crippen LogP contribution in [0.3, 0.4) is 0 Å². The van der Waals surface area contributed by atoms with Gasteiger partial charge in [0.1, 0.15) is 6.04 Å². The normalized spacial score (nSPS) is 14.0. The van der Waals surface area contributed by atoms with Crippen LogP contribution in [0.5, 0.6) is 0 Å². The van der Waals surface area contributed by atoms with Gasteiger partial charge in [0.05, 0.1) is 11.6 Å². The Kier molecular flexibility index (Phi) is 12.5. The highest BCUT2D eigenvalue weighted by Gasteiger charge is 2.19. The maximum atomic E-state index is 12.8. The van der Waals surface area contributed by atoms with Gasteiger partial charge >= 0.3 is 0 Å². The van der Waals surface area contributed by atoms with Crippen molar-refractivity contribution in [1.82, 2.24) is 10.9 Å². The molecule has 0 aromatic heterocycles. The van der Waals surface area contributed by atoms with Crippen LogP contribution in [0.2, 0.25) is 0 Å². The highest BCUT2D eigenvalue weighted by atomic mass is 16.2. The fourth-order valence-corrected chi connectivity index (χ4v) is 4.88. The Morgan fingerprint density at radius 3 is 2.33 bits per heavy atom. The van der Waals surface area contributed by atoms with Crippen molar-refractivity contribution in [3.8, 4) is 17.2 Å². The maximum absolute atomic E-state index is 12.8. The van der Waals surface area contributed by atoms with E-state index in [4.69, 9.17) is 22.6 Å². The number of nitrogens with two attached hydrogens (primary N) is 3. The zero-order valence-corrected chi connectivity index (χ0v) is 24.0. The van der Waals surface area contributed by atoms with Crippen molar-refractivity contribution in [1.29, 1.82) is 5.26 Å². The summed E-state index contributed by atoms with van der Waals surface area (Å²) in [5.74, 6) is 5.84. The van der Waals surface area contributed by atoms with Gasteiger partial charge in [-0.1, -0.05) is 49.6 Å². The van der Waals surface area contributed by atoms with E-state index in [0.29, 0.717) is 29.6 Å². The number of aryl methyl sites for hydroxylation is 1. The van der Waals surface area contributed by atoms with Gasteiger partial charge in [0, 0.05) is 17.7 Å². The first kappa shape index (κ1) is 31.8. The van der Waals surface area contributed by atoms with Gasteiger partial charge < -0.3 is 22.1 Å². The van der Waals surface area contributed by atoms with Gasteiger partial charge in [-0.15, -0.1) is 5.10 Å². The van der Waals surface area contributed by atoms with Crippen molar-refractivity contribution in [3.05, 3.63) is 89.0 Å². The smallest absolute Gasteiger partial charge is 0.247 e. The molecule has 1 saturated carbocycles. The lowest BCUT2D eigenvalue weighted by molar-refractivity contribution is -0.121. The Hall–Kier alpha value is -4.72. The second-order valence-electron chi connectivity index (χ2n) is 10.3. The molecule has 1 aliphatic rings. The third-order valence-corrected chi connectivity index (χ3v) is 7.35. The largest absolute Gasteiger partial charge is 0.382 e. The summed E-state index contributed by atoms with van der Waals surface area (Å²) in [6, 6.07) is 21.4. The van der Waals surface area contributed by atoms with E-state index in [2.05, 4.69) is 27.3 Å². The number of carbonyl (C=O) groups is 2. The minimum Gasteiger partial charge on any atom is -0.382 e. The van der Waals surface area contributed by atoms with Crippen LogP contribution in [0.15, 0.2) is 71.8 Å². The van der Waals surface area contributed by atoms with Crippen LogP contribution < -0.4 is 33.5 Å². The lowest BCUT2D eigenvalue weighted by Gasteiger charge is -2.18. The van der Waals surface area contributed by atoms with Gasteiger partial charge in [-0.3, -0.25) is 9.59 Å². The molecule has 0 radical (unpaired) electrons. The van der Waals surface area contributed by atoms with E-state index < -0.39 is 6.04 Å². The number of rotatable bonds is 10. The molecule has 0 spiro atoms. The number of amidine groups is 1. The molecule has 0 bridgehead atoms. The number of hydrazine groups is 1. The predicted molar refractivity (Wildman–Crippen MR) is 167 cm³/mol. The number of nitriles is 1. The summed E-state index contributed by atoms with van der Waals surface area (Å²) >= 11 is 0. The van der Waals surface area contributed by atoms with Crippen molar-refractivity contribution < 1.29 is 9.59 Å². The predicted octanol–water partition coefficient (Wildman–Crippen LogP) is 3.44. The minimum atomic E-state index is -0.764. The third kappa shape index (κ3) is 9.44. The second kappa shape index (κ2) is 16.5. The van der Waals surface area contributed by atoms with Gasteiger partial charge in [0.25, 0.3) is 0 Å². The molecule has 0 saturated heterocycles. The molecular weight excluding hydrogens is 528 g/mol. The highest BCUT2D eigenvalue weighted by Crippen LogP contribution is 2.25. The molecule has 0 unspecified atom stereocenters. The van der Waals surface area contributed by atoms with Gasteiger partial charge in [-0.25, -0.2) is 11.4 Å². The summed E-state index contributed by atoms with van der Waals surface area (Å²) in [5.41, 5.74) is 19.0. The number of carbonyl (C=O) groups excluding carboxylic acids is 2. The Balaban J connectivity index is 0.000000521. The molecule has 9 N–H and O–H groups in total. The van der Waals surface area contributed by atoms with E-state index >= 15 is 0 Å². The van der Waals surface area contributed by atoms with Crippen molar-refractivity contribution in [2.24, 2.45) is 28.3 Å². The van der Waals surface area contributed by atoms with Gasteiger partial charge in [0.2, 0.25) is 12.3 Å². The molecule has 3 aromatic rings. The molecular formula is C32H40N8O2. The Labute approximate surface area is 247 Å². The molecule has 1 fully saturated rings. The topological polar surface area (TPSA) is 184 Å². The number of hydrogen-bond donors (Lipinski definition) is 6. The van der Waals surface area contributed by atoms with E-state index in [1.165, 1.54) is 32.1 Å². The number of anilines is 1. The molecule has 3 aromatic carbocycles. The molecule has 1 aliphatic carbocycles. The van der Waals surface area contributed by atoms with Crippen LogP contribution in [0.1, 0.15) is 54.4 Å². The van der Waals surface area contributed by atoms with E-state index in [1.807, 2.05) is 43.3 Å². The van der Waals surface area contributed by atoms with Gasteiger partial charge in [-0.2, -0.15) is 5.26 Å². The van der Waals surface area contributed by atoms with Gasteiger partial charge in [-0.05, 0) is 90.9 Å². The summed E-state index contributed by atoms with van der Waals surface area (Å²) in [4.78, 5) is 23.9. The second-order valence-corrected chi connectivity index (χ2v) is 10.3. The fraction of sp³-hybridized carbons (Fsp3) is 0.312. The molecule has 0 aliphatic heterocycles. The SMILES string of the molecule is Cc1ccc(C#N)cc1-c1ccc(C[C@H](NC=O)C(=O)Nc2ccc(/C(N)=N/NN)cc2)cc1.NCC1CCCCC1. The Morgan fingerprint density at radius 1 is 1.07 bits per heavy atom. The van der Waals surface area contributed by atoms with Crippen LogP contribution in [0.4, 0.5) is 5.69 Å². The zero-order valence-electron chi connectivity index (χ0n) is 24.0. The first-order valence-corrected chi connectivity index (χ1v) is 14.1. The highest BCUT2D eigenvalue weighted by molar-refractivity contribution is 5.99. The number of nitrogens with zero attached hydrogens (tertiary/aromatic N) is 2. The molecule has 4 rings (SSSR count). The summed E-state index contributed by atoms with van der Waals surface area (Å²) in [5, 5.41) is 18.2. The first-order chi connectivity index (χ1) is 20.4. The van der Waals surface area contributed by atoms with Crippen molar-refractivity contribution in [2.75, 3.05) is 11.9 Å². The van der Waals surface area contributed by atoms with E-state index in [-0.39, 0.29) is 11.7 Å². The number of benzene rings is 3. The van der Waals surface area contributed by atoms with Crippen LogP contribution in [-0.4, -0.2) is 30.7 Å². The molecule has 0 heterocycles. The molecule has 10 nitrogen and oxygen atoms in total. The molecule has 1 atom stereocenters. The lowest BCUT2D eigenvalue weighted by Crippen LogP contribution is -2.41. The summed E-state index contributed by atoms with van der Waals surface area (Å²) < 4.78 is 0. The van der Waals surface area contributed by atoms with Gasteiger partial charge in [0.15, 0.2) is 5.84 Å². The maximum Gasteiger partial charge on any atom is 0.247 e. The minimum absolute atomic E-state index is 0.207. The quantitative estimate of drug-likeness (QED) is 0.0711. The number of hydrogen-bond acceptors (Lipinski definition) is 7. The molecule has 2 amide bonds. The third-order valence-electron chi connectivity index (χ3n) is 7.35. The molecule has 220 valence electrons. The monoisotopic (exact) mass is 568 g/mol. The molecule has 10 heteroatoms. The lowest BCUT2D eigenvalue weighted by atomic mass is 9.90. The van der Waals surface area contributed by atoms with E-state index in [9.17, 15) is 9.59 Å². The van der Waals surface area contributed by atoms with E-state index in [1.54, 1.807) is 30.3 Å². The summed E-state index contributed by atoms with van der Waals surface area (Å²) in [6.45, 7) is 2.90. The average molecular weight is 569 g/mol. The summed E-state index contributed by atoms with van der Waals surface area (Å²) in [7, 11) is 0. The standard InChI is InChI=1S/C25H25N7O2.C7H15N/c1-16-2-3-18(14-26)12-22(16)19-6-4-17(5-7-19)13-23(29-15-33)25(34)30-21-10-8-20(9-11-21)24(27)31-32-28;8-6-7-4-2-1-3-5-7/h2-12,15,23,32H,13,28H2,1H3,(H2,27,31)(H,29,33)(H,30,34);7H,1-6,8H2/t23-;/m0./s1. The Bertz CT molecular complexity index is 1380. The van der Waals surface area contributed by atoms with Crippen molar-refractivity contribution >= 4 is 23.8 Å².